The second kappa shape index (κ2) is 68.5. The summed E-state index contributed by atoms with van der Waals surface area (Å²) in [6.07, 6.45) is 107. The van der Waals surface area contributed by atoms with Crippen molar-refractivity contribution >= 4 is 13.7 Å². The number of nitrogens with one attached hydrogen (secondary N) is 1. The van der Waals surface area contributed by atoms with Crippen LogP contribution in [0.25, 0.3) is 0 Å². The molecule has 0 radical (unpaired) electrons. The number of phosphoric ester groups is 1. The lowest BCUT2D eigenvalue weighted by Gasteiger charge is -2.25. The number of quaternary nitrogens is 1. The molecule has 0 aliphatic heterocycles. The largest absolute Gasteiger partial charge is 0.472 e. The molecule has 0 rings (SSSR count). The monoisotopic (exact) mass is 1250 g/mol. The van der Waals surface area contributed by atoms with Crippen LogP contribution in [0.4, 0.5) is 0 Å². The molecule has 0 fully saturated rings. The maximum atomic E-state index is 13.0. The van der Waals surface area contributed by atoms with E-state index in [4.69, 9.17) is 9.05 Å². The van der Waals surface area contributed by atoms with Gasteiger partial charge in [-0.2, -0.15) is 0 Å². The maximum absolute atomic E-state index is 13.0. The molecule has 0 spiro atoms. The Balaban J connectivity index is 4.24. The molecule has 0 aromatic heterocycles. The van der Waals surface area contributed by atoms with E-state index in [1.807, 2.05) is 27.2 Å². The lowest BCUT2D eigenvalue weighted by atomic mass is 10.0. The number of aliphatic hydroxyl groups excluding tert-OH is 1. The van der Waals surface area contributed by atoms with Crippen LogP contribution in [0.2, 0.25) is 0 Å². The van der Waals surface area contributed by atoms with Crippen molar-refractivity contribution in [1.29, 1.82) is 0 Å². The number of allylic oxidation sites excluding steroid dienone is 25. The Kier molecular flexibility index (Phi) is 65.5. The number of nitrogens with zero attached hydrogens (tertiary/aromatic N) is 1. The highest BCUT2D eigenvalue weighted by Crippen LogP contribution is 2.43. The topological polar surface area (TPSA) is 105 Å². The Morgan fingerprint density at radius 3 is 1.03 bits per heavy atom. The number of carbonyl (C=O) groups excluding carboxylic acids is 1. The average Bonchev–Trinajstić information content (AvgIpc) is 3.57. The zero-order valence-corrected chi connectivity index (χ0v) is 59.0. The fourth-order valence-electron chi connectivity index (χ4n) is 9.89. The molecule has 0 heterocycles. The Morgan fingerprint density at radius 1 is 0.393 bits per heavy atom. The van der Waals surface area contributed by atoms with Gasteiger partial charge in [-0.3, -0.25) is 13.8 Å². The van der Waals surface area contributed by atoms with Gasteiger partial charge in [-0.15, -0.1) is 0 Å². The molecule has 0 saturated heterocycles. The molecule has 0 aromatic rings. The Hall–Kier alpha value is -3.88. The normalized spacial score (nSPS) is 14.6. The number of rotatable bonds is 65. The van der Waals surface area contributed by atoms with Crippen LogP contribution < -0.4 is 5.32 Å². The lowest BCUT2D eigenvalue weighted by molar-refractivity contribution is -0.870. The molecule has 0 aliphatic rings. The second-order valence-electron chi connectivity index (χ2n) is 25.2. The van der Waals surface area contributed by atoms with Crippen LogP contribution in [-0.4, -0.2) is 73.4 Å². The molecule has 0 bridgehead atoms. The van der Waals surface area contributed by atoms with E-state index in [-0.39, 0.29) is 19.1 Å². The van der Waals surface area contributed by atoms with Gasteiger partial charge in [-0.1, -0.05) is 326 Å². The minimum Gasteiger partial charge on any atom is -0.387 e. The number of hydrogen-bond donors (Lipinski definition) is 3. The predicted molar refractivity (Wildman–Crippen MR) is 391 cm³/mol. The van der Waals surface area contributed by atoms with E-state index in [0.29, 0.717) is 23.9 Å². The molecule has 89 heavy (non-hydrogen) atoms. The van der Waals surface area contributed by atoms with Gasteiger partial charge in [0.15, 0.2) is 0 Å². The van der Waals surface area contributed by atoms with Crippen molar-refractivity contribution in [2.45, 2.75) is 302 Å². The highest BCUT2D eigenvalue weighted by atomic mass is 31.2. The van der Waals surface area contributed by atoms with Gasteiger partial charge in [0.1, 0.15) is 13.2 Å². The van der Waals surface area contributed by atoms with E-state index >= 15 is 0 Å². The Labute approximate surface area is 550 Å². The third-order valence-corrected chi connectivity index (χ3v) is 16.5. The summed E-state index contributed by atoms with van der Waals surface area (Å²) in [6, 6.07) is -0.896. The van der Waals surface area contributed by atoms with Crippen molar-refractivity contribution in [2.24, 2.45) is 0 Å². The molecule has 3 unspecified atom stereocenters. The average molecular weight is 1250 g/mol. The number of likely N-dealkylation sites (N-methyl/N-ethyl adjacent to an activating group) is 1. The summed E-state index contributed by atoms with van der Waals surface area (Å²) in [7, 11) is 1.51. The lowest BCUT2D eigenvalue weighted by Crippen LogP contribution is -2.45. The van der Waals surface area contributed by atoms with Crippen LogP contribution in [-0.2, 0) is 18.4 Å². The number of hydrogen-bond acceptors (Lipinski definition) is 5. The first-order chi connectivity index (χ1) is 43.5. The summed E-state index contributed by atoms with van der Waals surface area (Å²) >= 11 is 0. The number of aliphatic hydroxyl groups is 1. The smallest absolute Gasteiger partial charge is 0.387 e. The summed E-state index contributed by atoms with van der Waals surface area (Å²) in [6.45, 7) is 4.66. The first kappa shape index (κ1) is 85.1. The first-order valence-electron chi connectivity index (χ1n) is 36.4. The van der Waals surface area contributed by atoms with E-state index in [1.54, 1.807) is 6.08 Å². The summed E-state index contributed by atoms with van der Waals surface area (Å²) in [5.41, 5.74) is 0. The van der Waals surface area contributed by atoms with Crippen molar-refractivity contribution in [2.75, 3.05) is 40.9 Å². The van der Waals surface area contributed by atoms with E-state index in [2.05, 4.69) is 165 Å². The van der Waals surface area contributed by atoms with E-state index < -0.39 is 20.0 Å². The van der Waals surface area contributed by atoms with Crippen molar-refractivity contribution in [3.8, 4) is 0 Å². The van der Waals surface area contributed by atoms with Gasteiger partial charge in [0.2, 0.25) is 5.91 Å². The minimum absolute atomic E-state index is 0.0409. The van der Waals surface area contributed by atoms with Gasteiger partial charge in [0.05, 0.1) is 39.9 Å². The van der Waals surface area contributed by atoms with Gasteiger partial charge in [0.25, 0.3) is 0 Å². The SMILES string of the molecule is CC/C=C\C/C=C\C/C=C\C/C=C\C/C=C\C/C=C\C/C=C\C/C=C\C/C=C\C/C=C\C/C=C\CCCCCC(=O)NC(COP(=O)(O)OCC[N+](C)(C)C)C(O)/C=C/CC/C=C/CCCCCCCCCCCCCCCCCCCCCCCCCC. The van der Waals surface area contributed by atoms with Gasteiger partial charge in [-0.05, 0) is 116 Å². The molecule has 1 amide bonds. The van der Waals surface area contributed by atoms with Crippen LogP contribution >= 0.6 is 7.82 Å². The van der Waals surface area contributed by atoms with Gasteiger partial charge >= 0.3 is 7.82 Å². The molecule has 0 aliphatic carbocycles. The molecule has 0 saturated carbocycles. The summed E-state index contributed by atoms with van der Waals surface area (Å²) in [5.74, 6) is -0.222. The van der Waals surface area contributed by atoms with Crippen LogP contribution in [0.1, 0.15) is 290 Å². The molecule has 3 N–H and O–H groups in total. The van der Waals surface area contributed by atoms with Gasteiger partial charge in [0, 0.05) is 6.42 Å². The molecule has 508 valence electrons. The van der Waals surface area contributed by atoms with Crippen molar-refractivity contribution in [3.63, 3.8) is 0 Å². The highest BCUT2D eigenvalue weighted by Gasteiger charge is 2.28. The van der Waals surface area contributed by atoms with Crippen LogP contribution in [0.3, 0.4) is 0 Å². The van der Waals surface area contributed by atoms with E-state index in [9.17, 15) is 19.4 Å². The molecular formula is C80H138N2O6P+. The van der Waals surface area contributed by atoms with Crippen molar-refractivity contribution in [1.82, 2.24) is 5.32 Å². The van der Waals surface area contributed by atoms with Crippen molar-refractivity contribution < 1.29 is 32.9 Å². The summed E-state index contributed by atoms with van der Waals surface area (Å²) in [5, 5.41) is 14.0. The van der Waals surface area contributed by atoms with Crippen LogP contribution in [0.15, 0.2) is 158 Å². The molecule has 8 nitrogen and oxygen atoms in total. The Bertz CT molecular complexity index is 2010. The second-order valence-corrected chi connectivity index (χ2v) is 26.7. The number of carbonyl (C=O) groups is 1. The van der Waals surface area contributed by atoms with Crippen LogP contribution in [0.5, 0.6) is 0 Å². The van der Waals surface area contributed by atoms with E-state index in [1.165, 1.54) is 154 Å². The zero-order chi connectivity index (χ0) is 64.8. The molecule has 9 heteroatoms. The first-order valence-corrected chi connectivity index (χ1v) is 37.9. The van der Waals surface area contributed by atoms with Gasteiger partial charge < -0.3 is 19.8 Å². The summed E-state index contributed by atoms with van der Waals surface area (Å²) in [4.78, 5) is 23.4. The zero-order valence-electron chi connectivity index (χ0n) is 58.1. The fraction of sp³-hybridized carbons (Fsp3) is 0.662. The molecule has 3 atom stereocenters. The third-order valence-electron chi connectivity index (χ3n) is 15.5. The molecule has 0 aromatic carbocycles. The third kappa shape index (κ3) is 71.4. The Morgan fingerprint density at radius 2 is 0.685 bits per heavy atom. The predicted octanol–water partition coefficient (Wildman–Crippen LogP) is 23.7. The molecular weight excluding hydrogens is 1120 g/mol. The number of unbranched alkanes of at least 4 members (excludes halogenated alkanes) is 28. The highest BCUT2D eigenvalue weighted by molar-refractivity contribution is 7.47. The quantitative estimate of drug-likeness (QED) is 0.0243. The maximum Gasteiger partial charge on any atom is 0.472 e. The van der Waals surface area contributed by atoms with E-state index in [0.717, 1.165) is 109 Å². The number of amides is 1. The minimum atomic E-state index is -4.39. The van der Waals surface area contributed by atoms with Crippen molar-refractivity contribution in [3.05, 3.63) is 158 Å². The van der Waals surface area contributed by atoms with Crippen LogP contribution in [0, 0.1) is 0 Å². The standard InChI is InChI=1S/C80H137N2O6P/c1-6-8-10-12-14-16-18-20-22-24-26-28-30-32-34-36-38-39-40-41-42-43-44-46-48-50-52-54-56-58-60-62-64-66-68-70-72-74-80(84)81-78(77-88-89(85,86)87-76-75-82(3,4)5)79(83)73-71-69-67-65-63-61-59-57-55-53-51-49-47-45-37-35-33-31-29-27-25-23-21-19-17-15-13-11-9-7-2/h8,10,14,16,20,22,26,28,32,34,38-39,41-42,44,46,50,52,56,58,62-65,71,73,78-79,83H,6-7,9,11-13,15,17-19,21,23-25,27,29-31,33,35-37,40,43,45,47-49,51,53-55,57,59-61,66-70,72,74-77H2,1-5H3,(H-,81,84,85,86)/p+1/b10-8-,16-14-,22-20-,28-26-,34-32-,39-38-,42-41-,46-44-,52-50-,58-56-,64-62-,65-63+,73-71+. The summed E-state index contributed by atoms with van der Waals surface area (Å²) < 4.78 is 23.8. The number of phosphoric acid groups is 1. The van der Waals surface area contributed by atoms with Gasteiger partial charge in [-0.25, -0.2) is 4.57 Å². The fourth-order valence-corrected chi connectivity index (χ4v) is 10.6.